The average Bonchev–Trinajstić information content (AvgIpc) is 2.01. The van der Waals surface area contributed by atoms with Crippen molar-refractivity contribution in [2.75, 3.05) is 0 Å². The molecule has 1 atom stereocenters. The molecule has 0 aromatic carbocycles. The van der Waals surface area contributed by atoms with Crippen LogP contribution in [0.2, 0.25) is 0 Å². The van der Waals surface area contributed by atoms with E-state index in [0.717, 1.165) is 5.57 Å². The molecule has 0 N–H and O–H groups in total. The van der Waals surface area contributed by atoms with Crippen molar-refractivity contribution in [2.45, 2.75) is 26.7 Å². The molecule has 0 spiro atoms. The number of allylic oxidation sites excluding steroid dienone is 1. The Morgan fingerprint density at radius 2 is 2.08 bits per heavy atom. The predicted molar refractivity (Wildman–Crippen MR) is 48.8 cm³/mol. The summed E-state index contributed by atoms with van der Waals surface area (Å²) < 4.78 is 0. The van der Waals surface area contributed by atoms with E-state index in [9.17, 15) is 9.59 Å². The summed E-state index contributed by atoms with van der Waals surface area (Å²) in [7, 11) is 0. The molecule has 13 heavy (non-hydrogen) atoms. The maximum absolute atomic E-state index is 10.8. The van der Waals surface area contributed by atoms with E-state index in [-0.39, 0.29) is 18.6 Å². The molecule has 0 bridgehead atoms. The van der Waals surface area contributed by atoms with Gasteiger partial charge in [0.2, 0.25) is 0 Å². The average molecular weight is 179 g/mol. The molecule has 0 unspecified atom stereocenters. The van der Waals surface area contributed by atoms with Crippen molar-refractivity contribution in [1.82, 2.24) is 0 Å². The molecule has 0 aliphatic heterocycles. The minimum atomic E-state index is -1.20. The van der Waals surface area contributed by atoms with Crippen molar-refractivity contribution in [3.05, 3.63) is 12.2 Å². The lowest BCUT2D eigenvalue weighted by molar-refractivity contribution is -0.123. The summed E-state index contributed by atoms with van der Waals surface area (Å²) >= 11 is 0. The molecular weight excluding hydrogens is 166 g/mol. The zero-order chi connectivity index (χ0) is 10.5. The van der Waals surface area contributed by atoms with Crippen LogP contribution in [0.15, 0.2) is 12.2 Å². The van der Waals surface area contributed by atoms with E-state index in [4.69, 9.17) is 5.26 Å². The number of hydrogen-bond acceptors (Lipinski definition) is 3. The van der Waals surface area contributed by atoms with Gasteiger partial charge < -0.3 is 4.79 Å². The van der Waals surface area contributed by atoms with Gasteiger partial charge in [-0.2, -0.15) is 5.26 Å². The van der Waals surface area contributed by atoms with Crippen LogP contribution in [0.5, 0.6) is 0 Å². The SMILES string of the molecule is C=C(C)C[C@](C#N)(C=O)CC(C)=O. The van der Waals surface area contributed by atoms with Gasteiger partial charge in [0.15, 0.2) is 0 Å². The molecule has 70 valence electrons. The number of ketones is 1. The topological polar surface area (TPSA) is 57.9 Å². The number of carbonyl (C=O) groups is 2. The van der Waals surface area contributed by atoms with Crippen LogP contribution < -0.4 is 0 Å². The summed E-state index contributed by atoms with van der Waals surface area (Å²) in [5, 5.41) is 8.80. The fraction of sp³-hybridized carbons (Fsp3) is 0.500. The molecule has 0 amide bonds. The lowest BCUT2D eigenvalue weighted by Crippen LogP contribution is -2.23. The van der Waals surface area contributed by atoms with Gasteiger partial charge in [-0.25, -0.2) is 0 Å². The molecule has 0 aliphatic carbocycles. The van der Waals surface area contributed by atoms with Crippen molar-refractivity contribution < 1.29 is 9.59 Å². The first kappa shape index (κ1) is 11.6. The summed E-state index contributed by atoms with van der Waals surface area (Å²) in [4.78, 5) is 21.5. The minimum Gasteiger partial charge on any atom is -0.302 e. The molecule has 0 aromatic heterocycles. The Morgan fingerprint density at radius 3 is 2.31 bits per heavy atom. The van der Waals surface area contributed by atoms with Gasteiger partial charge in [-0.1, -0.05) is 5.57 Å². The Bertz CT molecular complexity index is 257. The maximum Gasteiger partial charge on any atom is 0.141 e. The predicted octanol–water partition coefficient (Wildman–Crippen LogP) is 1.64. The van der Waals surface area contributed by atoms with E-state index in [1.165, 1.54) is 6.92 Å². The van der Waals surface area contributed by atoms with E-state index in [2.05, 4.69) is 6.58 Å². The van der Waals surface area contributed by atoms with Gasteiger partial charge in [0.25, 0.3) is 0 Å². The van der Waals surface area contributed by atoms with Gasteiger partial charge in [0.05, 0.1) is 6.07 Å². The Hall–Kier alpha value is -1.43. The largest absolute Gasteiger partial charge is 0.302 e. The van der Waals surface area contributed by atoms with Gasteiger partial charge in [-0.15, -0.1) is 6.58 Å². The van der Waals surface area contributed by atoms with Crippen molar-refractivity contribution in [3.8, 4) is 6.07 Å². The number of rotatable bonds is 5. The van der Waals surface area contributed by atoms with Crippen molar-refractivity contribution in [1.29, 1.82) is 5.26 Å². The molecule has 0 rings (SSSR count). The Labute approximate surface area is 78.0 Å². The third kappa shape index (κ3) is 3.66. The van der Waals surface area contributed by atoms with Gasteiger partial charge >= 0.3 is 0 Å². The fourth-order valence-corrected chi connectivity index (χ4v) is 1.23. The van der Waals surface area contributed by atoms with Crippen LogP contribution in [0.1, 0.15) is 26.7 Å². The summed E-state index contributed by atoms with van der Waals surface area (Å²) in [5.41, 5.74) is -0.465. The van der Waals surface area contributed by atoms with E-state index in [0.29, 0.717) is 6.29 Å². The molecule has 0 aromatic rings. The standard InChI is InChI=1S/C10H13NO2/c1-8(2)4-10(6-11,7-12)5-9(3)13/h7H,1,4-5H2,2-3H3/t10-/m0/s1. The number of nitrogens with zero attached hydrogens (tertiary/aromatic N) is 1. The highest BCUT2D eigenvalue weighted by atomic mass is 16.1. The third-order valence-corrected chi connectivity index (χ3v) is 1.63. The van der Waals surface area contributed by atoms with Gasteiger partial charge in [0.1, 0.15) is 17.5 Å². The highest BCUT2D eigenvalue weighted by Gasteiger charge is 2.31. The van der Waals surface area contributed by atoms with E-state index in [1.54, 1.807) is 6.92 Å². The summed E-state index contributed by atoms with van der Waals surface area (Å²) in [6, 6.07) is 1.88. The van der Waals surface area contributed by atoms with E-state index in [1.807, 2.05) is 6.07 Å². The van der Waals surface area contributed by atoms with E-state index < -0.39 is 5.41 Å². The molecule has 0 radical (unpaired) electrons. The number of aldehydes is 1. The molecule has 0 heterocycles. The first-order valence-corrected chi connectivity index (χ1v) is 3.97. The minimum absolute atomic E-state index is 0.0279. The summed E-state index contributed by atoms with van der Waals surface area (Å²) in [5.74, 6) is -0.157. The molecule has 0 aliphatic rings. The number of hydrogen-bond donors (Lipinski definition) is 0. The lowest BCUT2D eigenvalue weighted by Gasteiger charge is -2.17. The first-order valence-electron chi connectivity index (χ1n) is 3.97. The second-order valence-corrected chi connectivity index (χ2v) is 3.40. The van der Waals surface area contributed by atoms with E-state index >= 15 is 0 Å². The monoisotopic (exact) mass is 179 g/mol. The Morgan fingerprint density at radius 1 is 1.54 bits per heavy atom. The van der Waals surface area contributed by atoms with Crippen LogP contribution in [0.25, 0.3) is 0 Å². The zero-order valence-corrected chi connectivity index (χ0v) is 7.96. The highest BCUT2D eigenvalue weighted by molar-refractivity contribution is 5.82. The number of Topliss-reactive ketones (excluding diaryl/α,β-unsaturated/α-hetero) is 1. The second-order valence-electron chi connectivity index (χ2n) is 3.40. The van der Waals surface area contributed by atoms with Crippen LogP contribution in [-0.2, 0) is 9.59 Å². The van der Waals surface area contributed by atoms with Crippen LogP contribution in [0.4, 0.5) is 0 Å². The molecule has 0 saturated heterocycles. The number of nitriles is 1. The highest BCUT2D eigenvalue weighted by Crippen LogP contribution is 2.26. The van der Waals surface area contributed by atoms with Crippen molar-refractivity contribution in [2.24, 2.45) is 5.41 Å². The van der Waals surface area contributed by atoms with Gasteiger partial charge in [0, 0.05) is 6.42 Å². The molecule has 0 fully saturated rings. The van der Waals surface area contributed by atoms with Crippen LogP contribution in [-0.4, -0.2) is 12.1 Å². The normalized spacial score (nSPS) is 13.9. The second kappa shape index (κ2) is 4.56. The third-order valence-electron chi connectivity index (χ3n) is 1.63. The van der Waals surface area contributed by atoms with Crippen LogP contribution >= 0.6 is 0 Å². The quantitative estimate of drug-likeness (QED) is 0.476. The van der Waals surface area contributed by atoms with Crippen molar-refractivity contribution >= 4 is 12.1 Å². The molecule has 3 nitrogen and oxygen atoms in total. The lowest BCUT2D eigenvalue weighted by atomic mass is 9.81. The number of carbonyl (C=O) groups excluding carboxylic acids is 2. The molecule has 0 saturated carbocycles. The fourth-order valence-electron chi connectivity index (χ4n) is 1.23. The maximum atomic E-state index is 10.8. The Balaban J connectivity index is 4.71. The Kier molecular flexibility index (Phi) is 4.06. The smallest absolute Gasteiger partial charge is 0.141 e. The molecule has 3 heteroatoms. The van der Waals surface area contributed by atoms with Crippen LogP contribution in [0, 0.1) is 16.7 Å². The van der Waals surface area contributed by atoms with Gasteiger partial charge in [-0.3, -0.25) is 4.79 Å². The molecular formula is C10H13NO2. The summed E-state index contributed by atoms with van der Waals surface area (Å²) in [6.07, 6.45) is 0.773. The first-order chi connectivity index (χ1) is 5.95. The van der Waals surface area contributed by atoms with Crippen molar-refractivity contribution in [3.63, 3.8) is 0 Å². The zero-order valence-electron chi connectivity index (χ0n) is 7.96. The van der Waals surface area contributed by atoms with Crippen LogP contribution in [0.3, 0.4) is 0 Å². The summed E-state index contributed by atoms with van der Waals surface area (Å²) in [6.45, 7) is 6.72. The van der Waals surface area contributed by atoms with Gasteiger partial charge in [-0.05, 0) is 20.3 Å².